The highest BCUT2D eigenvalue weighted by Gasteiger charge is 2.41. The SMILES string of the molecule is Cc1ccc(/C=C/C(=O)NCC2(CO)CC2)s1. The van der Waals surface area contributed by atoms with Crippen molar-refractivity contribution in [3.05, 3.63) is 28.0 Å². The van der Waals surface area contributed by atoms with Gasteiger partial charge in [-0.05, 0) is 38.0 Å². The van der Waals surface area contributed by atoms with Gasteiger partial charge in [0.05, 0.1) is 6.61 Å². The molecule has 92 valence electrons. The molecule has 1 heterocycles. The molecule has 0 atom stereocenters. The molecule has 17 heavy (non-hydrogen) atoms. The zero-order chi connectivity index (χ0) is 12.3. The lowest BCUT2D eigenvalue weighted by Crippen LogP contribution is -2.30. The fourth-order valence-corrected chi connectivity index (χ4v) is 2.38. The molecule has 1 fully saturated rings. The molecular weight excluding hydrogens is 234 g/mol. The first-order valence-corrected chi connectivity index (χ1v) is 6.58. The van der Waals surface area contributed by atoms with Crippen LogP contribution in [-0.2, 0) is 4.79 Å². The third kappa shape index (κ3) is 3.41. The number of thiophene rings is 1. The predicted octanol–water partition coefficient (Wildman–Crippen LogP) is 1.96. The minimum atomic E-state index is -0.0872. The molecular formula is C13H17NO2S. The van der Waals surface area contributed by atoms with Crippen LogP contribution in [0, 0.1) is 12.3 Å². The summed E-state index contributed by atoms with van der Waals surface area (Å²) in [5.74, 6) is -0.0872. The number of hydrogen-bond acceptors (Lipinski definition) is 3. The lowest BCUT2D eigenvalue weighted by molar-refractivity contribution is -0.116. The van der Waals surface area contributed by atoms with E-state index in [0.717, 1.165) is 17.7 Å². The van der Waals surface area contributed by atoms with Crippen LogP contribution in [0.1, 0.15) is 22.6 Å². The summed E-state index contributed by atoms with van der Waals surface area (Å²) in [6, 6.07) is 4.03. The smallest absolute Gasteiger partial charge is 0.244 e. The third-order valence-corrected chi connectivity index (χ3v) is 4.06. The molecule has 0 unspecified atom stereocenters. The van der Waals surface area contributed by atoms with E-state index in [1.807, 2.05) is 25.1 Å². The van der Waals surface area contributed by atoms with Crippen molar-refractivity contribution in [2.75, 3.05) is 13.2 Å². The Morgan fingerprint density at radius 1 is 1.59 bits per heavy atom. The van der Waals surface area contributed by atoms with E-state index < -0.39 is 0 Å². The van der Waals surface area contributed by atoms with Gasteiger partial charge in [0.15, 0.2) is 0 Å². The minimum absolute atomic E-state index is 0.0248. The van der Waals surface area contributed by atoms with Gasteiger partial charge in [-0.3, -0.25) is 4.79 Å². The van der Waals surface area contributed by atoms with Crippen molar-refractivity contribution >= 4 is 23.3 Å². The molecule has 0 spiro atoms. The van der Waals surface area contributed by atoms with Crippen molar-refractivity contribution in [3.63, 3.8) is 0 Å². The molecule has 1 aliphatic rings. The Hall–Kier alpha value is -1.13. The number of aliphatic hydroxyl groups excluding tert-OH is 1. The Bertz CT molecular complexity index is 432. The Kier molecular flexibility index (Phi) is 3.64. The average molecular weight is 251 g/mol. The molecule has 2 N–H and O–H groups in total. The number of hydrogen-bond donors (Lipinski definition) is 2. The molecule has 2 rings (SSSR count). The van der Waals surface area contributed by atoms with Crippen molar-refractivity contribution in [1.82, 2.24) is 5.32 Å². The monoisotopic (exact) mass is 251 g/mol. The number of rotatable bonds is 5. The van der Waals surface area contributed by atoms with E-state index >= 15 is 0 Å². The highest BCUT2D eigenvalue weighted by Crippen LogP contribution is 2.44. The van der Waals surface area contributed by atoms with Crippen LogP contribution in [0.15, 0.2) is 18.2 Å². The molecule has 0 aliphatic heterocycles. The standard InChI is InChI=1S/C13H17NO2S/c1-10-2-3-11(17-10)4-5-12(16)14-8-13(9-15)6-7-13/h2-5,15H,6-9H2,1H3,(H,14,16)/b5-4+. The predicted molar refractivity (Wildman–Crippen MR) is 69.9 cm³/mol. The lowest BCUT2D eigenvalue weighted by atomic mass is 10.1. The summed E-state index contributed by atoms with van der Waals surface area (Å²) in [6.07, 6.45) is 5.40. The highest BCUT2D eigenvalue weighted by atomic mass is 32.1. The third-order valence-electron chi connectivity index (χ3n) is 3.09. The van der Waals surface area contributed by atoms with Crippen LogP contribution in [-0.4, -0.2) is 24.2 Å². The van der Waals surface area contributed by atoms with Crippen LogP contribution in [0.25, 0.3) is 6.08 Å². The van der Waals surface area contributed by atoms with Crippen LogP contribution in [0.3, 0.4) is 0 Å². The molecule has 1 aromatic heterocycles. The van der Waals surface area contributed by atoms with Crippen LogP contribution in [0.5, 0.6) is 0 Å². The highest BCUT2D eigenvalue weighted by molar-refractivity contribution is 7.12. The van der Waals surface area contributed by atoms with Crippen molar-refractivity contribution < 1.29 is 9.90 Å². The van der Waals surface area contributed by atoms with Gasteiger partial charge in [-0.25, -0.2) is 0 Å². The summed E-state index contributed by atoms with van der Waals surface area (Å²) in [5, 5.41) is 11.9. The van der Waals surface area contributed by atoms with Gasteiger partial charge in [-0.1, -0.05) is 0 Å². The summed E-state index contributed by atoms with van der Waals surface area (Å²) in [7, 11) is 0. The fourth-order valence-electron chi connectivity index (χ4n) is 1.60. The van der Waals surface area contributed by atoms with Crippen LogP contribution >= 0.6 is 11.3 Å². The second kappa shape index (κ2) is 5.02. The van der Waals surface area contributed by atoms with Crippen LogP contribution < -0.4 is 5.32 Å². The second-order valence-electron chi connectivity index (χ2n) is 4.66. The van der Waals surface area contributed by atoms with Gasteiger partial charge in [0.1, 0.15) is 0 Å². The summed E-state index contributed by atoms with van der Waals surface area (Å²) in [6.45, 7) is 2.79. The number of carbonyl (C=O) groups excluding carboxylic acids is 1. The molecule has 4 heteroatoms. The summed E-state index contributed by atoms with van der Waals surface area (Å²) in [4.78, 5) is 13.9. The number of nitrogens with one attached hydrogen (secondary N) is 1. The summed E-state index contributed by atoms with van der Waals surface area (Å²) in [5.41, 5.74) is -0.0248. The molecule has 1 aliphatic carbocycles. The number of aliphatic hydroxyl groups is 1. The lowest BCUT2D eigenvalue weighted by Gasteiger charge is -2.10. The van der Waals surface area contributed by atoms with Crippen LogP contribution in [0.2, 0.25) is 0 Å². The first kappa shape index (κ1) is 12.3. The Morgan fingerprint density at radius 2 is 2.35 bits per heavy atom. The van der Waals surface area contributed by atoms with Gasteiger partial charge >= 0.3 is 0 Å². The Labute approximate surface area is 105 Å². The van der Waals surface area contributed by atoms with Crippen LogP contribution in [0.4, 0.5) is 0 Å². The number of amides is 1. The van der Waals surface area contributed by atoms with E-state index in [0.29, 0.717) is 6.54 Å². The van der Waals surface area contributed by atoms with E-state index in [1.165, 1.54) is 4.88 Å². The first-order chi connectivity index (χ1) is 8.13. The van der Waals surface area contributed by atoms with E-state index in [2.05, 4.69) is 5.32 Å². The molecule has 0 radical (unpaired) electrons. The zero-order valence-electron chi connectivity index (χ0n) is 9.90. The largest absolute Gasteiger partial charge is 0.396 e. The normalized spacial score (nSPS) is 17.3. The van der Waals surface area contributed by atoms with Crippen molar-refractivity contribution in [1.29, 1.82) is 0 Å². The van der Waals surface area contributed by atoms with Crippen molar-refractivity contribution in [2.45, 2.75) is 19.8 Å². The second-order valence-corrected chi connectivity index (χ2v) is 5.98. The maximum Gasteiger partial charge on any atom is 0.244 e. The van der Waals surface area contributed by atoms with Gasteiger partial charge in [0, 0.05) is 27.8 Å². The first-order valence-electron chi connectivity index (χ1n) is 5.77. The minimum Gasteiger partial charge on any atom is -0.396 e. The molecule has 0 bridgehead atoms. The van der Waals surface area contributed by atoms with E-state index in [1.54, 1.807) is 17.4 Å². The zero-order valence-corrected chi connectivity index (χ0v) is 10.7. The van der Waals surface area contributed by atoms with E-state index in [9.17, 15) is 4.79 Å². The Balaban J connectivity index is 1.79. The quantitative estimate of drug-likeness (QED) is 0.786. The average Bonchev–Trinajstić information content (AvgIpc) is 3.00. The summed E-state index contributed by atoms with van der Waals surface area (Å²) >= 11 is 1.66. The molecule has 1 amide bonds. The number of carbonyl (C=O) groups is 1. The van der Waals surface area contributed by atoms with Crippen molar-refractivity contribution in [2.24, 2.45) is 5.41 Å². The van der Waals surface area contributed by atoms with Gasteiger partial charge in [0.2, 0.25) is 5.91 Å². The topological polar surface area (TPSA) is 49.3 Å². The van der Waals surface area contributed by atoms with Gasteiger partial charge in [-0.2, -0.15) is 0 Å². The fraction of sp³-hybridized carbons (Fsp3) is 0.462. The van der Waals surface area contributed by atoms with E-state index in [-0.39, 0.29) is 17.9 Å². The summed E-state index contributed by atoms with van der Waals surface area (Å²) < 4.78 is 0. The maximum atomic E-state index is 11.5. The number of aryl methyl sites for hydroxylation is 1. The molecule has 1 saturated carbocycles. The van der Waals surface area contributed by atoms with Gasteiger partial charge in [-0.15, -0.1) is 11.3 Å². The Morgan fingerprint density at radius 3 is 2.88 bits per heavy atom. The molecule has 1 aromatic rings. The van der Waals surface area contributed by atoms with E-state index in [4.69, 9.17) is 5.11 Å². The molecule has 0 aromatic carbocycles. The van der Waals surface area contributed by atoms with Crippen molar-refractivity contribution in [3.8, 4) is 0 Å². The molecule has 3 nitrogen and oxygen atoms in total. The van der Waals surface area contributed by atoms with Gasteiger partial charge < -0.3 is 10.4 Å². The van der Waals surface area contributed by atoms with Gasteiger partial charge in [0.25, 0.3) is 0 Å². The maximum absolute atomic E-state index is 11.5. The molecule has 0 saturated heterocycles.